The van der Waals surface area contributed by atoms with Crippen molar-refractivity contribution < 1.29 is 0 Å². The van der Waals surface area contributed by atoms with Crippen molar-refractivity contribution in [2.75, 3.05) is 13.1 Å². The molecule has 3 rings (SSSR count). The minimum atomic E-state index is 0.629. The Hall–Kier alpha value is -1.08. The Bertz CT molecular complexity index is 458. The molecule has 0 spiro atoms. The van der Waals surface area contributed by atoms with Crippen molar-refractivity contribution in [3.63, 3.8) is 0 Å². The fourth-order valence-corrected chi connectivity index (χ4v) is 3.54. The summed E-state index contributed by atoms with van der Waals surface area (Å²) < 4.78 is 0. The maximum atomic E-state index is 3.63. The molecule has 1 aliphatic carbocycles. The molecule has 0 amide bonds. The fraction of sp³-hybridized carbons (Fsp3) is 0.529. The summed E-state index contributed by atoms with van der Waals surface area (Å²) in [4.78, 5) is 0. The van der Waals surface area contributed by atoms with Crippen LogP contribution < -0.4 is 5.32 Å². The van der Waals surface area contributed by atoms with Crippen molar-refractivity contribution in [1.29, 1.82) is 0 Å². The molecule has 2 aliphatic rings. The molecule has 1 aliphatic heterocycles. The molecule has 0 radical (unpaired) electrons. The Morgan fingerprint density at radius 2 is 1.89 bits per heavy atom. The Morgan fingerprint density at radius 3 is 2.78 bits per heavy atom. The van der Waals surface area contributed by atoms with Crippen LogP contribution in [0.2, 0.25) is 0 Å². The number of allylic oxidation sites excluding steroid dienone is 1. The SMILES string of the molecule is CC1=C(C2CNCCc3ccccc32)CCCC1. The van der Waals surface area contributed by atoms with Crippen LogP contribution in [0.25, 0.3) is 0 Å². The van der Waals surface area contributed by atoms with Gasteiger partial charge in [0.1, 0.15) is 0 Å². The topological polar surface area (TPSA) is 12.0 Å². The van der Waals surface area contributed by atoms with Crippen molar-refractivity contribution in [2.24, 2.45) is 0 Å². The summed E-state index contributed by atoms with van der Waals surface area (Å²) in [5, 5.41) is 3.63. The molecule has 1 N–H and O–H groups in total. The number of fused-ring (bicyclic) bond motifs is 1. The van der Waals surface area contributed by atoms with Crippen LogP contribution in [0.3, 0.4) is 0 Å². The van der Waals surface area contributed by atoms with Crippen LogP contribution in [-0.4, -0.2) is 13.1 Å². The maximum absolute atomic E-state index is 3.63. The van der Waals surface area contributed by atoms with E-state index < -0.39 is 0 Å². The van der Waals surface area contributed by atoms with Crippen LogP contribution in [0, 0.1) is 0 Å². The number of nitrogens with one attached hydrogen (secondary N) is 1. The molecule has 1 aromatic rings. The smallest absolute Gasteiger partial charge is 0.0178 e. The van der Waals surface area contributed by atoms with Crippen LogP contribution in [0.15, 0.2) is 35.4 Å². The third kappa shape index (κ3) is 2.24. The number of hydrogen-bond donors (Lipinski definition) is 1. The van der Waals surface area contributed by atoms with E-state index in [0.717, 1.165) is 13.1 Å². The van der Waals surface area contributed by atoms with E-state index in [2.05, 4.69) is 36.5 Å². The highest BCUT2D eigenvalue weighted by molar-refractivity contribution is 5.39. The van der Waals surface area contributed by atoms with Gasteiger partial charge in [-0.25, -0.2) is 0 Å². The summed E-state index contributed by atoms with van der Waals surface area (Å²) >= 11 is 0. The zero-order valence-electron chi connectivity index (χ0n) is 11.3. The molecule has 96 valence electrons. The molecular weight excluding hydrogens is 218 g/mol. The number of benzene rings is 1. The van der Waals surface area contributed by atoms with Gasteiger partial charge in [0.2, 0.25) is 0 Å². The van der Waals surface area contributed by atoms with Crippen LogP contribution in [0.4, 0.5) is 0 Å². The highest BCUT2D eigenvalue weighted by Gasteiger charge is 2.24. The molecule has 1 nitrogen and oxygen atoms in total. The van der Waals surface area contributed by atoms with Gasteiger partial charge in [0.15, 0.2) is 0 Å². The highest BCUT2D eigenvalue weighted by atomic mass is 14.9. The van der Waals surface area contributed by atoms with E-state index in [4.69, 9.17) is 0 Å². The van der Waals surface area contributed by atoms with E-state index in [1.165, 1.54) is 32.1 Å². The molecule has 18 heavy (non-hydrogen) atoms. The Balaban J connectivity index is 2.01. The normalized spacial score (nSPS) is 24.6. The summed E-state index contributed by atoms with van der Waals surface area (Å²) in [5.41, 5.74) is 6.52. The summed E-state index contributed by atoms with van der Waals surface area (Å²) in [6.07, 6.45) is 6.57. The second-order valence-corrected chi connectivity index (χ2v) is 5.72. The van der Waals surface area contributed by atoms with Gasteiger partial charge in [0.25, 0.3) is 0 Å². The van der Waals surface area contributed by atoms with Crippen molar-refractivity contribution in [3.8, 4) is 0 Å². The molecule has 1 aromatic carbocycles. The molecule has 0 saturated heterocycles. The second kappa shape index (κ2) is 5.27. The molecule has 0 saturated carbocycles. The molecular formula is C17H23N. The molecule has 1 heterocycles. The molecule has 0 fully saturated rings. The molecule has 0 aromatic heterocycles. The van der Waals surface area contributed by atoms with E-state index in [-0.39, 0.29) is 0 Å². The van der Waals surface area contributed by atoms with Gasteiger partial charge in [-0.15, -0.1) is 0 Å². The first-order valence-electron chi connectivity index (χ1n) is 7.33. The van der Waals surface area contributed by atoms with E-state index in [9.17, 15) is 0 Å². The largest absolute Gasteiger partial charge is 0.315 e. The first kappa shape index (κ1) is 12.0. The molecule has 1 atom stereocenters. The third-order valence-corrected chi connectivity index (χ3v) is 4.57. The standard InChI is InChI=1S/C17H23N/c1-13-6-2-4-8-15(13)17-12-18-11-10-14-7-3-5-9-16(14)17/h3,5,7,9,17-18H,2,4,6,8,10-12H2,1H3. The maximum Gasteiger partial charge on any atom is 0.0178 e. The second-order valence-electron chi connectivity index (χ2n) is 5.72. The lowest BCUT2D eigenvalue weighted by Gasteiger charge is -2.27. The van der Waals surface area contributed by atoms with E-state index in [1.54, 1.807) is 22.3 Å². The minimum Gasteiger partial charge on any atom is -0.315 e. The van der Waals surface area contributed by atoms with Gasteiger partial charge in [-0.1, -0.05) is 35.4 Å². The lowest BCUT2D eigenvalue weighted by atomic mass is 9.80. The quantitative estimate of drug-likeness (QED) is 0.737. The Morgan fingerprint density at radius 1 is 1.06 bits per heavy atom. The summed E-state index contributed by atoms with van der Waals surface area (Å²) in [6.45, 7) is 4.60. The van der Waals surface area contributed by atoms with Gasteiger partial charge in [-0.05, 0) is 56.7 Å². The summed E-state index contributed by atoms with van der Waals surface area (Å²) in [6, 6.07) is 9.05. The zero-order valence-corrected chi connectivity index (χ0v) is 11.3. The van der Waals surface area contributed by atoms with Crippen molar-refractivity contribution >= 4 is 0 Å². The highest BCUT2D eigenvalue weighted by Crippen LogP contribution is 2.37. The monoisotopic (exact) mass is 241 g/mol. The predicted octanol–water partition coefficient (Wildman–Crippen LogP) is 3.81. The molecule has 0 bridgehead atoms. The minimum absolute atomic E-state index is 0.629. The number of rotatable bonds is 1. The summed E-state index contributed by atoms with van der Waals surface area (Å²) in [7, 11) is 0. The van der Waals surface area contributed by atoms with Gasteiger partial charge in [-0.3, -0.25) is 0 Å². The van der Waals surface area contributed by atoms with E-state index in [0.29, 0.717) is 5.92 Å². The number of hydrogen-bond acceptors (Lipinski definition) is 1. The van der Waals surface area contributed by atoms with Crippen molar-refractivity contribution in [2.45, 2.75) is 44.9 Å². The zero-order chi connectivity index (χ0) is 12.4. The fourth-order valence-electron chi connectivity index (χ4n) is 3.54. The van der Waals surface area contributed by atoms with E-state index in [1.807, 2.05) is 0 Å². The molecule has 1 unspecified atom stereocenters. The van der Waals surface area contributed by atoms with E-state index >= 15 is 0 Å². The van der Waals surface area contributed by atoms with Crippen molar-refractivity contribution in [3.05, 3.63) is 46.5 Å². The van der Waals surface area contributed by atoms with Crippen LogP contribution in [0.5, 0.6) is 0 Å². The first-order chi connectivity index (χ1) is 8.86. The van der Waals surface area contributed by atoms with Crippen LogP contribution >= 0.6 is 0 Å². The average molecular weight is 241 g/mol. The predicted molar refractivity (Wildman–Crippen MR) is 76.9 cm³/mol. The first-order valence-corrected chi connectivity index (χ1v) is 7.33. The van der Waals surface area contributed by atoms with Gasteiger partial charge in [0, 0.05) is 12.5 Å². The summed E-state index contributed by atoms with van der Waals surface area (Å²) in [5.74, 6) is 0.629. The molecule has 1 heteroatoms. The van der Waals surface area contributed by atoms with Crippen molar-refractivity contribution in [1.82, 2.24) is 5.32 Å². The van der Waals surface area contributed by atoms with Gasteiger partial charge in [-0.2, -0.15) is 0 Å². The Labute approximate surface area is 110 Å². The van der Waals surface area contributed by atoms with Crippen LogP contribution in [-0.2, 0) is 6.42 Å². The lowest BCUT2D eigenvalue weighted by Crippen LogP contribution is -2.22. The third-order valence-electron chi connectivity index (χ3n) is 4.57. The lowest BCUT2D eigenvalue weighted by molar-refractivity contribution is 0.587. The average Bonchev–Trinajstić information content (AvgIpc) is 2.62. The van der Waals surface area contributed by atoms with Crippen LogP contribution in [0.1, 0.15) is 49.7 Å². The van der Waals surface area contributed by atoms with Gasteiger partial charge < -0.3 is 5.32 Å². The van der Waals surface area contributed by atoms with Gasteiger partial charge >= 0.3 is 0 Å². The van der Waals surface area contributed by atoms with Gasteiger partial charge in [0.05, 0.1) is 0 Å². The Kier molecular flexibility index (Phi) is 3.51.